The van der Waals surface area contributed by atoms with Crippen molar-refractivity contribution in [2.24, 2.45) is 5.73 Å². The average molecular weight is 247 g/mol. The molecule has 0 aliphatic heterocycles. The molecule has 18 heavy (non-hydrogen) atoms. The van der Waals surface area contributed by atoms with E-state index in [1.54, 1.807) is 17.3 Å². The van der Waals surface area contributed by atoms with Crippen molar-refractivity contribution in [3.05, 3.63) is 29.6 Å². The number of likely N-dealkylation sites (N-methyl/N-ethyl adjacent to an activating group) is 1. The van der Waals surface area contributed by atoms with Gasteiger partial charge in [-0.1, -0.05) is 12.8 Å². The monoisotopic (exact) mass is 247 g/mol. The highest BCUT2D eigenvalue weighted by molar-refractivity contribution is 5.94. The number of hydrogen-bond acceptors (Lipinski definition) is 3. The van der Waals surface area contributed by atoms with Crippen molar-refractivity contribution in [1.29, 1.82) is 0 Å². The number of aryl methyl sites for hydroxylation is 1. The Balaban J connectivity index is 2.13. The van der Waals surface area contributed by atoms with Gasteiger partial charge in [-0.05, 0) is 31.4 Å². The molecule has 2 N–H and O–H groups in total. The fourth-order valence-corrected chi connectivity index (χ4v) is 2.65. The number of amides is 1. The predicted octanol–water partition coefficient (Wildman–Crippen LogP) is 1.73. The van der Waals surface area contributed by atoms with Crippen LogP contribution in [-0.2, 0) is 0 Å². The van der Waals surface area contributed by atoms with Gasteiger partial charge in [0.15, 0.2) is 0 Å². The lowest BCUT2D eigenvalue weighted by atomic mass is 9.90. The molecule has 1 aromatic heterocycles. The SMILES string of the molecule is Cc1cncc(C(=O)N(C)C2CCCCC2N)c1. The molecule has 2 unspecified atom stereocenters. The van der Waals surface area contributed by atoms with E-state index in [1.807, 2.05) is 20.0 Å². The van der Waals surface area contributed by atoms with Crippen molar-refractivity contribution in [3.8, 4) is 0 Å². The first-order valence-corrected chi connectivity index (χ1v) is 6.54. The predicted molar refractivity (Wildman–Crippen MR) is 71.3 cm³/mol. The molecule has 0 spiro atoms. The molecule has 1 aromatic rings. The molecule has 0 bridgehead atoms. The van der Waals surface area contributed by atoms with E-state index in [0.717, 1.165) is 24.8 Å². The molecule has 1 aliphatic carbocycles. The summed E-state index contributed by atoms with van der Waals surface area (Å²) >= 11 is 0. The van der Waals surface area contributed by atoms with E-state index >= 15 is 0 Å². The zero-order valence-corrected chi connectivity index (χ0v) is 11.1. The Morgan fingerprint density at radius 1 is 1.39 bits per heavy atom. The van der Waals surface area contributed by atoms with Crippen molar-refractivity contribution < 1.29 is 4.79 Å². The number of carbonyl (C=O) groups excluding carboxylic acids is 1. The van der Waals surface area contributed by atoms with Crippen molar-refractivity contribution in [2.75, 3.05) is 7.05 Å². The number of hydrogen-bond donors (Lipinski definition) is 1. The average Bonchev–Trinajstić information content (AvgIpc) is 2.37. The van der Waals surface area contributed by atoms with Gasteiger partial charge < -0.3 is 10.6 Å². The minimum absolute atomic E-state index is 0.0218. The van der Waals surface area contributed by atoms with Crippen molar-refractivity contribution in [2.45, 2.75) is 44.7 Å². The van der Waals surface area contributed by atoms with Gasteiger partial charge >= 0.3 is 0 Å². The summed E-state index contributed by atoms with van der Waals surface area (Å²) in [7, 11) is 1.85. The van der Waals surface area contributed by atoms with Gasteiger partial charge in [-0.3, -0.25) is 9.78 Å². The summed E-state index contributed by atoms with van der Waals surface area (Å²) in [5.74, 6) is 0.0218. The molecule has 1 amide bonds. The molecular weight excluding hydrogens is 226 g/mol. The van der Waals surface area contributed by atoms with Crippen LogP contribution in [0.1, 0.15) is 41.6 Å². The number of rotatable bonds is 2. The van der Waals surface area contributed by atoms with Gasteiger partial charge in [0.2, 0.25) is 0 Å². The Hall–Kier alpha value is -1.42. The van der Waals surface area contributed by atoms with E-state index in [2.05, 4.69) is 4.98 Å². The molecule has 4 nitrogen and oxygen atoms in total. The molecular formula is C14H21N3O. The minimum atomic E-state index is 0.0218. The normalized spacial score (nSPS) is 23.7. The smallest absolute Gasteiger partial charge is 0.255 e. The van der Waals surface area contributed by atoms with E-state index in [-0.39, 0.29) is 18.0 Å². The second kappa shape index (κ2) is 5.48. The number of pyridine rings is 1. The van der Waals surface area contributed by atoms with Crippen LogP contribution in [0.2, 0.25) is 0 Å². The van der Waals surface area contributed by atoms with Crippen molar-refractivity contribution >= 4 is 5.91 Å². The summed E-state index contributed by atoms with van der Waals surface area (Å²) in [6, 6.07) is 2.14. The molecule has 1 saturated carbocycles. The van der Waals surface area contributed by atoms with E-state index in [9.17, 15) is 4.79 Å². The number of carbonyl (C=O) groups is 1. The fraction of sp³-hybridized carbons (Fsp3) is 0.571. The third kappa shape index (κ3) is 2.70. The van der Waals surface area contributed by atoms with Crippen LogP contribution in [0.3, 0.4) is 0 Å². The summed E-state index contributed by atoms with van der Waals surface area (Å²) in [4.78, 5) is 18.2. The Labute approximate surface area is 108 Å². The zero-order valence-electron chi connectivity index (χ0n) is 11.1. The molecule has 1 aliphatic rings. The second-order valence-electron chi connectivity index (χ2n) is 5.18. The molecule has 1 fully saturated rings. The lowest BCUT2D eigenvalue weighted by molar-refractivity contribution is 0.0671. The van der Waals surface area contributed by atoms with Gasteiger partial charge in [-0.2, -0.15) is 0 Å². The lowest BCUT2D eigenvalue weighted by Gasteiger charge is -2.36. The Morgan fingerprint density at radius 3 is 2.78 bits per heavy atom. The number of aromatic nitrogens is 1. The van der Waals surface area contributed by atoms with Crippen LogP contribution in [-0.4, -0.2) is 34.9 Å². The molecule has 98 valence electrons. The Bertz CT molecular complexity index is 433. The molecule has 0 radical (unpaired) electrons. The maximum Gasteiger partial charge on any atom is 0.255 e. The van der Waals surface area contributed by atoms with Crippen LogP contribution >= 0.6 is 0 Å². The summed E-state index contributed by atoms with van der Waals surface area (Å²) < 4.78 is 0. The molecule has 0 saturated heterocycles. The highest BCUT2D eigenvalue weighted by Crippen LogP contribution is 2.22. The third-order valence-corrected chi connectivity index (χ3v) is 3.72. The maximum atomic E-state index is 12.4. The first-order chi connectivity index (χ1) is 8.59. The van der Waals surface area contributed by atoms with Crippen LogP contribution in [0.5, 0.6) is 0 Å². The van der Waals surface area contributed by atoms with Crippen LogP contribution in [0.25, 0.3) is 0 Å². The van der Waals surface area contributed by atoms with E-state index in [0.29, 0.717) is 5.56 Å². The van der Waals surface area contributed by atoms with Gasteiger partial charge in [-0.15, -0.1) is 0 Å². The van der Waals surface area contributed by atoms with E-state index in [4.69, 9.17) is 5.73 Å². The van der Waals surface area contributed by atoms with Gasteiger partial charge in [0, 0.05) is 31.5 Å². The molecule has 4 heteroatoms. The molecule has 2 atom stereocenters. The Kier molecular flexibility index (Phi) is 3.97. The van der Waals surface area contributed by atoms with Crippen LogP contribution in [0.4, 0.5) is 0 Å². The lowest BCUT2D eigenvalue weighted by Crippen LogP contribution is -2.50. The largest absolute Gasteiger partial charge is 0.337 e. The van der Waals surface area contributed by atoms with Gasteiger partial charge in [0.1, 0.15) is 0 Å². The van der Waals surface area contributed by atoms with Crippen molar-refractivity contribution in [3.63, 3.8) is 0 Å². The summed E-state index contributed by atoms with van der Waals surface area (Å²) in [6.07, 6.45) is 7.72. The second-order valence-corrected chi connectivity index (χ2v) is 5.18. The first-order valence-electron chi connectivity index (χ1n) is 6.54. The minimum Gasteiger partial charge on any atom is -0.337 e. The van der Waals surface area contributed by atoms with Crippen LogP contribution < -0.4 is 5.73 Å². The topological polar surface area (TPSA) is 59.2 Å². The summed E-state index contributed by atoms with van der Waals surface area (Å²) in [6.45, 7) is 1.94. The highest BCUT2D eigenvalue weighted by Gasteiger charge is 2.28. The van der Waals surface area contributed by atoms with Gasteiger partial charge in [-0.25, -0.2) is 0 Å². The quantitative estimate of drug-likeness (QED) is 0.866. The molecule has 2 rings (SSSR count). The standard InChI is InChI=1S/C14H21N3O/c1-10-7-11(9-16-8-10)14(18)17(2)13-6-4-3-5-12(13)15/h7-9,12-13H,3-6,15H2,1-2H3. The van der Waals surface area contributed by atoms with Crippen molar-refractivity contribution in [1.82, 2.24) is 9.88 Å². The molecule has 0 aromatic carbocycles. The highest BCUT2D eigenvalue weighted by atomic mass is 16.2. The fourth-order valence-electron chi connectivity index (χ4n) is 2.65. The van der Waals surface area contributed by atoms with E-state index in [1.165, 1.54) is 6.42 Å². The maximum absolute atomic E-state index is 12.4. The number of nitrogens with zero attached hydrogens (tertiary/aromatic N) is 2. The Morgan fingerprint density at radius 2 is 2.11 bits per heavy atom. The summed E-state index contributed by atoms with van der Waals surface area (Å²) in [5.41, 5.74) is 7.77. The van der Waals surface area contributed by atoms with Gasteiger partial charge in [0.25, 0.3) is 5.91 Å². The van der Waals surface area contributed by atoms with Gasteiger partial charge in [0.05, 0.1) is 5.56 Å². The number of nitrogens with two attached hydrogens (primary N) is 1. The zero-order chi connectivity index (χ0) is 13.1. The summed E-state index contributed by atoms with van der Waals surface area (Å²) in [5, 5.41) is 0. The van der Waals surface area contributed by atoms with Crippen LogP contribution in [0.15, 0.2) is 18.5 Å². The first kappa shape index (κ1) is 13.0. The molecule has 1 heterocycles. The van der Waals surface area contributed by atoms with Crippen LogP contribution in [0, 0.1) is 6.92 Å². The van der Waals surface area contributed by atoms with E-state index < -0.39 is 0 Å². The third-order valence-electron chi connectivity index (χ3n) is 3.72.